The molecule has 3 heteroatoms. The normalized spacial score (nSPS) is 10.6. The highest BCUT2D eigenvalue weighted by molar-refractivity contribution is 6.16. The summed E-state index contributed by atoms with van der Waals surface area (Å²) in [4.78, 5) is 13.6. The summed E-state index contributed by atoms with van der Waals surface area (Å²) in [7, 11) is 0. The molecule has 4 N–H and O–H groups in total. The number of benzene rings is 4. The third-order valence-corrected chi connectivity index (χ3v) is 4.85. The zero-order valence-electron chi connectivity index (χ0n) is 15.3. The van der Waals surface area contributed by atoms with Crippen LogP contribution < -0.4 is 11.5 Å². The predicted molar refractivity (Wildman–Crippen MR) is 116 cm³/mol. The zero-order valence-corrected chi connectivity index (χ0v) is 15.3. The Morgan fingerprint density at radius 2 is 0.786 bits per heavy atom. The van der Waals surface area contributed by atoms with Crippen molar-refractivity contribution in [2.45, 2.75) is 0 Å². The van der Waals surface area contributed by atoms with Crippen molar-refractivity contribution in [2.75, 3.05) is 11.5 Å². The van der Waals surface area contributed by atoms with Gasteiger partial charge < -0.3 is 11.5 Å². The third-order valence-electron chi connectivity index (χ3n) is 4.85. The maximum Gasteiger partial charge on any atom is 0.194 e. The Balaban J connectivity index is 1.88. The first kappa shape index (κ1) is 17.6. The van der Waals surface area contributed by atoms with Crippen molar-refractivity contribution >= 4 is 17.2 Å². The molecule has 136 valence electrons. The van der Waals surface area contributed by atoms with E-state index in [4.69, 9.17) is 11.5 Å². The zero-order chi connectivity index (χ0) is 19.5. The van der Waals surface area contributed by atoms with Gasteiger partial charge >= 0.3 is 0 Å². The molecule has 0 saturated carbocycles. The number of ketones is 1. The second kappa shape index (κ2) is 7.41. The average molecular weight is 364 g/mol. The van der Waals surface area contributed by atoms with Gasteiger partial charge in [0.2, 0.25) is 0 Å². The summed E-state index contributed by atoms with van der Waals surface area (Å²) >= 11 is 0. The summed E-state index contributed by atoms with van der Waals surface area (Å²) in [6, 6.07) is 30.3. The van der Waals surface area contributed by atoms with Gasteiger partial charge in [0.25, 0.3) is 0 Å². The van der Waals surface area contributed by atoms with Crippen molar-refractivity contribution in [2.24, 2.45) is 0 Å². The summed E-state index contributed by atoms with van der Waals surface area (Å²) in [5, 5.41) is 0. The van der Waals surface area contributed by atoms with Crippen LogP contribution in [-0.2, 0) is 0 Å². The van der Waals surface area contributed by atoms with E-state index in [1.54, 1.807) is 0 Å². The number of carbonyl (C=O) groups is 1. The Morgan fingerprint density at radius 1 is 0.464 bits per heavy atom. The predicted octanol–water partition coefficient (Wildman–Crippen LogP) is 5.42. The maximum atomic E-state index is 13.6. The lowest BCUT2D eigenvalue weighted by Gasteiger charge is -2.14. The molecule has 4 aromatic carbocycles. The Labute approximate surface area is 164 Å². The highest BCUT2D eigenvalue weighted by Crippen LogP contribution is 2.34. The van der Waals surface area contributed by atoms with Crippen LogP contribution in [0.4, 0.5) is 11.4 Å². The molecule has 0 aliphatic carbocycles. The highest BCUT2D eigenvalue weighted by Gasteiger charge is 2.19. The fourth-order valence-corrected chi connectivity index (χ4v) is 3.46. The Bertz CT molecular complexity index is 1070. The first-order chi connectivity index (χ1) is 13.7. The van der Waals surface area contributed by atoms with Gasteiger partial charge in [-0.05, 0) is 23.3 Å². The van der Waals surface area contributed by atoms with Crippen molar-refractivity contribution in [3.8, 4) is 22.3 Å². The van der Waals surface area contributed by atoms with E-state index in [1.807, 2.05) is 97.1 Å². The van der Waals surface area contributed by atoms with Crippen molar-refractivity contribution < 1.29 is 4.79 Å². The van der Waals surface area contributed by atoms with Crippen LogP contribution in [0.15, 0.2) is 97.1 Å². The van der Waals surface area contributed by atoms with Crippen molar-refractivity contribution in [1.82, 2.24) is 0 Å². The summed E-state index contributed by atoms with van der Waals surface area (Å²) < 4.78 is 0. The smallest absolute Gasteiger partial charge is 0.194 e. The number of carbonyl (C=O) groups excluding carboxylic acids is 1. The van der Waals surface area contributed by atoms with Crippen molar-refractivity contribution in [1.29, 1.82) is 0 Å². The molecule has 0 unspecified atom stereocenters. The number of anilines is 2. The number of hydrogen-bond acceptors (Lipinski definition) is 3. The number of nitrogen functional groups attached to an aromatic ring is 2. The standard InChI is InChI=1S/C25H20N2O/c26-23-15-7-5-11-19(23)17-9-1-3-13-21(17)25(28)22-14-4-2-10-18(22)20-12-6-8-16-24(20)27/h1-16H,26-27H2. The number of rotatable bonds is 4. The molecular formula is C25H20N2O. The molecule has 0 aromatic heterocycles. The van der Waals surface area contributed by atoms with Gasteiger partial charge in [-0.3, -0.25) is 4.79 Å². The number of nitrogens with two attached hydrogens (primary N) is 2. The molecule has 0 atom stereocenters. The minimum atomic E-state index is -0.0577. The van der Waals surface area contributed by atoms with Gasteiger partial charge in [0, 0.05) is 33.6 Å². The van der Waals surface area contributed by atoms with E-state index in [0.29, 0.717) is 22.5 Å². The van der Waals surface area contributed by atoms with Crippen LogP contribution >= 0.6 is 0 Å². The molecule has 28 heavy (non-hydrogen) atoms. The van der Waals surface area contributed by atoms with Gasteiger partial charge in [-0.15, -0.1) is 0 Å². The number of hydrogen-bond donors (Lipinski definition) is 2. The first-order valence-electron chi connectivity index (χ1n) is 9.09. The van der Waals surface area contributed by atoms with Crippen LogP contribution in [0.5, 0.6) is 0 Å². The monoisotopic (exact) mass is 364 g/mol. The highest BCUT2D eigenvalue weighted by atomic mass is 16.1. The lowest BCUT2D eigenvalue weighted by Crippen LogP contribution is -2.06. The first-order valence-corrected chi connectivity index (χ1v) is 9.09. The minimum Gasteiger partial charge on any atom is -0.398 e. The molecule has 3 nitrogen and oxygen atoms in total. The summed E-state index contributed by atoms with van der Waals surface area (Å²) in [5.74, 6) is -0.0577. The summed E-state index contributed by atoms with van der Waals surface area (Å²) in [6.45, 7) is 0. The molecule has 0 saturated heterocycles. The van der Waals surface area contributed by atoms with Crippen LogP contribution in [-0.4, -0.2) is 5.78 Å². The van der Waals surface area contributed by atoms with Crippen LogP contribution in [0.2, 0.25) is 0 Å². The molecule has 0 aliphatic heterocycles. The SMILES string of the molecule is Nc1ccccc1-c1ccccc1C(=O)c1ccccc1-c1ccccc1N. The maximum absolute atomic E-state index is 13.6. The second-order valence-corrected chi connectivity index (χ2v) is 6.59. The molecule has 0 amide bonds. The molecule has 0 radical (unpaired) electrons. The largest absolute Gasteiger partial charge is 0.398 e. The van der Waals surface area contributed by atoms with Gasteiger partial charge in [0.15, 0.2) is 5.78 Å². The Kier molecular flexibility index (Phi) is 4.65. The van der Waals surface area contributed by atoms with E-state index < -0.39 is 0 Å². The van der Waals surface area contributed by atoms with Gasteiger partial charge in [-0.2, -0.15) is 0 Å². The van der Waals surface area contributed by atoms with E-state index in [0.717, 1.165) is 22.3 Å². The molecular weight excluding hydrogens is 344 g/mol. The van der Waals surface area contributed by atoms with Crippen LogP contribution in [0.25, 0.3) is 22.3 Å². The minimum absolute atomic E-state index is 0.0577. The molecule has 0 aliphatic rings. The Hall–Kier alpha value is -3.85. The van der Waals surface area contributed by atoms with Gasteiger partial charge in [0.1, 0.15) is 0 Å². The Morgan fingerprint density at radius 3 is 1.18 bits per heavy atom. The topological polar surface area (TPSA) is 69.1 Å². The molecule has 0 heterocycles. The van der Waals surface area contributed by atoms with Crippen LogP contribution in [0.3, 0.4) is 0 Å². The van der Waals surface area contributed by atoms with Crippen molar-refractivity contribution in [3.63, 3.8) is 0 Å². The van der Waals surface area contributed by atoms with E-state index >= 15 is 0 Å². The summed E-state index contributed by atoms with van der Waals surface area (Å²) in [6.07, 6.45) is 0. The fourth-order valence-electron chi connectivity index (χ4n) is 3.46. The second-order valence-electron chi connectivity index (χ2n) is 6.59. The third kappa shape index (κ3) is 3.14. The van der Waals surface area contributed by atoms with Crippen LogP contribution in [0.1, 0.15) is 15.9 Å². The van der Waals surface area contributed by atoms with Gasteiger partial charge in [0.05, 0.1) is 0 Å². The van der Waals surface area contributed by atoms with Gasteiger partial charge in [-0.25, -0.2) is 0 Å². The molecule has 0 fully saturated rings. The van der Waals surface area contributed by atoms with Crippen LogP contribution in [0, 0.1) is 0 Å². The van der Waals surface area contributed by atoms with E-state index in [9.17, 15) is 4.79 Å². The molecule has 4 rings (SSSR count). The van der Waals surface area contributed by atoms with Gasteiger partial charge in [-0.1, -0.05) is 84.9 Å². The van der Waals surface area contributed by atoms with E-state index in [-0.39, 0.29) is 5.78 Å². The molecule has 4 aromatic rings. The number of para-hydroxylation sites is 2. The van der Waals surface area contributed by atoms with E-state index in [1.165, 1.54) is 0 Å². The average Bonchev–Trinajstić information content (AvgIpc) is 2.74. The lowest BCUT2D eigenvalue weighted by molar-refractivity contribution is 0.104. The van der Waals surface area contributed by atoms with Crippen molar-refractivity contribution in [3.05, 3.63) is 108 Å². The van der Waals surface area contributed by atoms with E-state index in [2.05, 4.69) is 0 Å². The lowest BCUT2D eigenvalue weighted by atomic mass is 9.89. The quantitative estimate of drug-likeness (QED) is 0.375. The molecule has 0 bridgehead atoms. The molecule has 0 spiro atoms. The summed E-state index contributed by atoms with van der Waals surface area (Å²) in [5.41, 5.74) is 18.2. The fraction of sp³-hybridized carbons (Fsp3) is 0.